The number of amides is 1. The summed E-state index contributed by atoms with van der Waals surface area (Å²) in [5.41, 5.74) is 5.63. The van der Waals surface area contributed by atoms with Crippen LogP contribution in [0.2, 0.25) is 0 Å². The first kappa shape index (κ1) is 19.0. The lowest BCUT2D eigenvalue weighted by Gasteiger charge is -2.16. The van der Waals surface area contributed by atoms with Gasteiger partial charge in [0.2, 0.25) is 0 Å². The molecule has 0 aromatic heterocycles. The SMILES string of the molecule is COc1ccc(OC)c(C(O)CNC(=O)c2ccc(N)c([N+](=O)[O-])c2)c1. The highest BCUT2D eigenvalue weighted by atomic mass is 16.6. The van der Waals surface area contributed by atoms with Gasteiger partial charge in [-0.3, -0.25) is 14.9 Å². The summed E-state index contributed by atoms with van der Waals surface area (Å²) >= 11 is 0. The maximum atomic E-state index is 12.2. The van der Waals surface area contributed by atoms with E-state index in [1.807, 2.05) is 0 Å². The third-order valence-electron chi connectivity index (χ3n) is 3.74. The summed E-state index contributed by atoms with van der Waals surface area (Å²) in [6.07, 6.45) is -1.06. The highest BCUT2D eigenvalue weighted by Crippen LogP contribution is 2.29. The van der Waals surface area contributed by atoms with E-state index >= 15 is 0 Å². The van der Waals surface area contributed by atoms with Gasteiger partial charge < -0.3 is 25.6 Å². The van der Waals surface area contributed by atoms with Crippen molar-refractivity contribution in [1.29, 1.82) is 0 Å². The number of benzene rings is 2. The molecular weight excluding hydrogens is 342 g/mol. The van der Waals surface area contributed by atoms with Crippen molar-refractivity contribution in [3.8, 4) is 11.5 Å². The monoisotopic (exact) mass is 361 g/mol. The molecule has 2 rings (SSSR count). The predicted octanol–water partition coefficient (Wildman–Crippen LogP) is 1.66. The van der Waals surface area contributed by atoms with Crippen LogP contribution in [0.5, 0.6) is 11.5 Å². The summed E-state index contributed by atoms with van der Waals surface area (Å²) < 4.78 is 10.3. The summed E-state index contributed by atoms with van der Waals surface area (Å²) in [6.45, 7) is -0.124. The van der Waals surface area contributed by atoms with Crippen LogP contribution < -0.4 is 20.5 Å². The molecule has 0 radical (unpaired) electrons. The zero-order chi connectivity index (χ0) is 19.3. The van der Waals surface area contributed by atoms with E-state index in [-0.39, 0.29) is 23.5 Å². The summed E-state index contributed by atoms with van der Waals surface area (Å²) in [6, 6.07) is 8.67. The van der Waals surface area contributed by atoms with Gasteiger partial charge in [-0.2, -0.15) is 0 Å². The summed E-state index contributed by atoms with van der Waals surface area (Å²) in [5.74, 6) is 0.394. The van der Waals surface area contributed by atoms with Crippen LogP contribution in [-0.4, -0.2) is 36.7 Å². The van der Waals surface area contributed by atoms with Gasteiger partial charge in [-0.1, -0.05) is 0 Å². The van der Waals surface area contributed by atoms with Gasteiger partial charge >= 0.3 is 0 Å². The van der Waals surface area contributed by atoms with E-state index in [1.54, 1.807) is 18.2 Å². The average molecular weight is 361 g/mol. The molecule has 0 fully saturated rings. The molecule has 1 amide bonds. The van der Waals surface area contributed by atoms with Gasteiger partial charge in [0.05, 0.1) is 19.1 Å². The number of nitrogens with two attached hydrogens (primary N) is 1. The van der Waals surface area contributed by atoms with Crippen molar-refractivity contribution in [2.75, 3.05) is 26.5 Å². The molecule has 0 saturated carbocycles. The van der Waals surface area contributed by atoms with Crippen LogP contribution in [-0.2, 0) is 0 Å². The van der Waals surface area contributed by atoms with E-state index in [4.69, 9.17) is 15.2 Å². The first-order chi connectivity index (χ1) is 12.4. The second-order valence-electron chi connectivity index (χ2n) is 5.36. The number of nitro groups is 1. The lowest BCUT2D eigenvalue weighted by Crippen LogP contribution is -2.28. The third-order valence-corrected chi connectivity index (χ3v) is 3.74. The molecule has 2 aromatic carbocycles. The topological polar surface area (TPSA) is 137 Å². The molecule has 9 heteroatoms. The Hall–Kier alpha value is -3.33. The van der Waals surface area contributed by atoms with Gasteiger partial charge in [0.1, 0.15) is 23.3 Å². The number of anilines is 1. The van der Waals surface area contributed by atoms with Crippen molar-refractivity contribution in [2.45, 2.75) is 6.10 Å². The number of nitrogen functional groups attached to an aromatic ring is 1. The van der Waals surface area contributed by atoms with Gasteiger partial charge in [0.15, 0.2) is 0 Å². The number of aliphatic hydroxyl groups is 1. The van der Waals surface area contributed by atoms with Crippen LogP contribution in [0.15, 0.2) is 36.4 Å². The van der Waals surface area contributed by atoms with E-state index in [0.717, 1.165) is 6.07 Å². The normalized spacial score (nSPS) is 11.5. The quantitative estimate of drug-likeness (QED) is 0.387. The van der Waals surface area contributed by atoms with Crippen LogP contribution in [0.3, 0.4) is 0 Å². The van der Waals surface area contributed by atoms with Crippen molar-refractivity contribution in [3.63, 3.8) is 0 Å². The molecule has 138 valence electrons. The number of methoxy groups -OCH3 is 2. The van der Waals surface area contributed by atoms with Crippen molar-refractivity contribution in [3.05, 3.63) is 57.6 Å². The Morgan fingerprint density at radius 1 is 1.27 bits per heavy atom. The number of rotatable bonds is 7. The zero-order valence-corrected chi connectivity index (χ0v) is 14.3. The molecule has 0 aliphatic carbocycles. The highest BCUT2D eigenvalue weighted by Gasteiger charge is 2.18. The van der Waals surface area contributed by atoms with Crippen LogP contribution in [0.4, 0.5) is 11.4 Å². The molecule has 0 aliphatic rings. The second-order valence-corrected chi connectivity index (χ2v) is 5.36. The van der Waals surface area contributed by atoms with Gasteiger partial charge in [-0.05, 0) is 30.3 Å². The fourth-order valence-corrected chi connectivity index (χ4v) is 2.34. The lowest BCUT2D eigenvalue weighted by atomic mass is 10.1. The smallest absolute Gasteiger partial charge is 0.292 e. The minimum absolute atomic E-state index is 0.0345. The number of aliphatic hydroxyl groups excluding tert-OH is 1. The fourth-order valence-electron chi connectivity index (χ4n) is 2.34. The van der Waals surface area contributed by atoms with Crippen LogP contribution in [0, 0.1) is 10.1 Å². The van der Waals surface area contributed by atoms with Crippen molar-refractivity contribution in [2.24, 2.45) is 0 Å². The summed E-state index contributed by atoms with van der Waals surface area (Å²) in [5, 5.41) is 23.8. The average Bonchev–Trinajstić information content (AvgIpc) is 2.65. The molecule has 2 aromatic rings. The summed E-state index contributed by atoms with van der Waals surface area (Å²) in [7, 11) is 2.96. The minimum atomic E-state index is -1.06. The Bertz CT molecular complexity index is 824. The molecule has 0 aliphatic heterocycles. The lowest BCUT2D eigenvalue weighted by molar-refractivity contribution is -0.383. The molecule has 0 saturated heterocycles. The fraction of sp³-hybridized carbons (Fsp3) is 0.235. The molecular formula is C17H19N3O6. The van der Waals surface area contributed by atoms with Crippen LogP contribution >= 0.6 is 0 Å². The van der Waals surface area contributed by atoms with Crippen LogP contribution in [0.25, 0.3) is 0 Å². The van der Waals surface area contributed by atoms with E-state index in [2.05, 4.69) is 5.32 Å². The van der Waals surface area contributed by atoms with Gasteiger partial charge in [0.25, 0.3) is 11.6 Å². The molecule has 0 bridgehead atoms. The molecule has 26 heavy (non-hydrogen) atoms. The van der Waals surface area contributed by atoms with Gasteiger partial charge in [0, 0.05) is 23.7 Å². The van der Waals surface area contributed by atoms with Crippen LogP contribution in [0.1, 0.15) is 22.0 Å². The minimum Gasteiger partial charge on any atom is -0.497 e. The molecule has 1 atom stereocenters. The maximum Gasteiger partial charge on any atom is 0.292 e. The number of carbonyl (C=O) groups is 1. The first-order valence-corrected chi connectivity index (χ1v) is 7.59. The second kappa shape index (κ2) is 8.17. The number of nitrogens with zero attached hydrogens (tertiary/aromatic N) is 1. The van der Waals surface area contributed by atoms with E-state index in [1.165, 1.54) is 26.4 Å². The molecule has 1 unspecified atom stereocenters. The largest absolute Gasteiger partial charge is 0.497 e. The van der Waals surface area contributed by atoms with Gasteiger partial charge in [-0.15, -0.1) is 0 Å². The molecule has 0 spiro atoms. The Kier molecular flexibility index (Phi) is 5.97. The molecule has 4 N–H and O–H groups in total. The predicted molar refractivity (Wildman–Crippen MR) is 94.3 cm³/mol. The Balaban J connectivity index is 2.12. The highest BCUT2D eigenvalue weighted by molar-refractivity contribution is 5.95. The standard InChI is InChI=1S/C17H19N3O6/c1-25-11-4-6-16(26-2)12(8-11)15(21)9-19-17(22)10-3-5-13(18)14(7-10)20(23)24/h3-8,15,21H,9,18H2,1-2H3,(H,19,22). The summed E-state index contributed by atoms with van der Waals surface area (Å²) in [4.78, 5) is 22.4. The van der Waals surface area contributed by atoms with Crippen molar-refractivity contribution in [1.82, 2.24) is 5.32 Å². The van der Waals surface area contributed by atoms with E-state index < -0.39 is 16.9 Å². The van der Waals surface area contributed by atoms with E-state index in [0.29, 0.717) is 17.1 Å². The Morgan fingerprint density at radius 2 is 2.00 bits per heavy atom. The number of ether oxygens (including phenoxy) is 2. The zero-order valence-electron chi connectivity index (χ0n) is 14.3. The van der Waals surface area contributed by atoms with Crippen molar-refractivity contribution >= 4 is 17.3 Å². The number of hydrogen-bond acceptors (Lipinski definition) is 7. The Labute approximate surface area is 149 Å². The number of carbonyl (C=O) groups excluding carboxylic acids is 1. The number of hydrogen-bond donors (Lipinski definition) is 3. The number of nitro benzene ring substituents is 1. The molecule has 0 heterocycles. The first-order valence-electron chi connectivity index (χ1n) is 7.59. The van der Waals surface area contributed by atoms with Gasteiger partial charge in [-0.25, -0.2) is 0 Å². The Morgan fingerprint density at radius 3 is 2.62 bits per heavy atom. The number of nitrogens with one attached hydrogen (secondary N) is 1. The molecule has 9 nitrogen and oxygen atoms in total. The van der Waals surface area contributed by atoms with Crippen molar-refractivity contribution < 1.29 is 24.3 Å². The van der Waals surface area contributed by atoms with E-state index in [9.17, 15) is 20.0 Å². The maximum absolute atomic E-state index is 12.2. The third kappa shape index (κ3) is 4.19.